The number of para-hydroxylation sites is 1. The van der Waals surface area contributed by atoms with E-state index in [0.717, 1.165) is 42.7 Å². The minimum absolute atomic E-state index is 0.404. The normalized spacial score (nSPS) is 16.3. The van der Waals surface area contributed by atoms with Gasteiger partial charge in [-0.25, -0.2) is 0 Å². The fourth-order valence-electron chi connectivity index (χ4n) is 8.59. The van der Waals surface area contributed by atoms with Crippen LogP contribution in [0, 0.1) is 0 Å². The third-order valence-electron chi connectivity index (χ3n) is 11.3. The first kappa shape index (κ1) is 30.7. The summed E-state index contributed by atoms with van der Waals surface area (Å²) in [4.78, 5) is 2.39. The van der Waals surface area contributed by atoms with Crippen molar-refractivity contribution in [2.75, 3.05) is 4.90 Å². The molecule has 0 aliphatic heterocycles. The Morgan fingerprint density at radius 2 is 1.21 bits per heavy atom. The molecule has 52 heavy (non-hydrogen) atoms. The molecule has 1 heterocycles. The Kier molecular flexibility index (Phi) is 7.61. The van der Waals surface area contributed by atoms with Gasteiger partial charge in [-0.05, 0) is 143 Å². The van der Waals surface area contributed by atoms with Crippen LogP contribution in [0.4, 0.5) is 17.1 Å². The van der Waals surface area contributed by atoms with E-state index < -0.39 is 0 Å². The Hall–Kier alpha value is -6.12. The molecule has 0 N–H and O–H groups in total. The number of aromatic nitrogens is 1. The molecule has 0 spiro atoms. The van der Waals surface area contributed by atoms with Crippen molar-refractivity contribution in [3.8, 4) is 16.8 Å². The summed E-state index contributed by atoms with van der Waals surface area (Å²) in [7, 11) is 0. The third kappa shape index (κ3) is 5.43. The van der Waals surface area contributed by atoms with E-state index >= 15 is 0 Å². The highest BCUT2D eigenvalue weighted by atomic mass is 15.1. The lowest BCUT2D eigenvalue weighted by atomic mass is 9.82. The van der Waals surface area contributed by atoms with E-state index in [0.29, 0.717) is 5.92 Å². The van der Waals surface area contributed by atoms with Gasteiger partial charge in [-0.1, -0.05) is 109 Å². The van der Waals surface area contributed by atoms with Crippen LogP contribution in [0.25, 0.3) is 44.6 Å². The van der Waals surface area contributed by atoms with Gasteiger partial charge in [0.1, 0.15) is 0 Å². The molecule has 0 radical (unpaired) electrons. The number of allylic oxidation sites excluding steroid dienone is 7. The zero-order valence-electron chi connectivity index (χ0n) is 29.3. The van der Waals surface area contributed by atoms with Gasteiger partial charge in [0.2, 0.25) is 0 Å². The molecule has 2 nitrogen and oxygen atoms in total. The van der Waals surface area contributed by atoms with Gasteiger partial charge in [0.15, 0.2) is 0 Å². The summed E-state index contributed by atoms with van der Waals surface area (Å²) in [6.07, 6.45) is 19.7. The van der Waals surface area contributed by atoms with Crippen LogP contribution in [-0.4, -0.2) is 4.57 Å². The lowest BCUT2D eigenvalue weighted by Crippen LogP contribution is -2.11. The summed E-state index contributed by atoms with van der Waals surface area (Å²) >= 11 is 0. The zero-order valence-corrected chi connectivity index (χ0v) is 29.3. The molecule has 1 unspecified atom stereocenters. The van der Waals surface area contributed by atoms with Crippen LogP contribution in [0.1, 0.15) is 48.4 Å². The SMILES string of the molecule is C1=CC2=C(C=CC(c3ccc(N(c4ccc(-c5ccc6ccccc6c5)cc4)c4ccc(-n5c6c(c7ccccc75)CCC=C6)cc4)cc3)C2)CC1. The molecule has 6 aromatic carbocycles. The maximum atomic E-state index is 2.43. The standard InChI is InChI=1S/C50H40N2/c1-3-11-39-33-41(19-17-35(39)9-1)37-21-25-43(26-22-37)51(44-27-23-38(24-28-44)42-20-18-36-10-2-4-12-40(36)34-42)45-29-31-46(32-30-45)52-49-15-7-5-13-47(49)48-14-6-8-16-50(48)52/h1,3-5,7-9,11-13,15-33,42H,2,6,10,14,34H2. The number of rotatable bonds is 6. The third-order valence-corrected chi connectivity index (χ3v) is 11.3. The van der Waals surface area contributed by atoms with Gasteiger partial charge in [0.05, 0.1) is 5.52 Å². The minimum Gasteiger partial charge on any atom is -0.311 e. The molecule has 3 aliphatic rings. The van der Waals surface area contributed by atoms with Crippen molar-refractivity contribution in [2.45, 2.75) is 38.0 Å². The van der Waals surface area contributed by atoms with Crippen molar-refractivity contribution < 1.29 is 0 Å². The van der Waals surface area contributed by atoms with Gasteiger partial charge >= 0.3 is 0 Å². The van der Waals surface area contributed by atoms with E-state index in [-0.39, 0.29) is 0 Å². The number of benzene rings is 6. The van der Waals surface area contributed by atoms with Crippen LogP contribution in [0.2, 0.25) is 0 Å². The summed E-state index contributed by atoms with van der Waals surface area (Å²) in [6, 6.07) is 51.6. The fourth-order valence-corrected chi connectivity index (χ4v) is 8.59. The molecule has 0 fully saturated rings. The van der Waals surface area contributed by atoms with Crippen LogP contribution >= 0.6 is 0 Å². The van der Waals surface area contributed by atoms with Gasteiger partial charge < -0.3 is 9.47 Å². The lowest BCUT2D eigenvalue weighted by Gasteiger charge is -2.27. The molecular formula is C50H40N2. The topological polar surface area (TPSA) is 8.17 Å². The van der Waals surface area contributed by atoms with Crippen LogP contribution in [-0.2, 0) is 6.42 Å². The maximum Gasteiger partial charge on any atom is 0.0537 e. The van der Waals surface area contributed by atoms with Crippen molar-refractivity contribution in [3.63, 3.8) is 0 Å². The number of anilines is 3. The Balaban J connectivity index is 1.02. The second-order valence-corrected chi connectivity index (χ2v) is 14.4. The Morgan fingerprint density at radius 1 is 0.538 bits per heavy atom. The number of fused-ring (bicyclic) bond motifs is 4. The first-order valence-electron chi connectivity index (χ1n) is 18.7. The fraction of sp³-hybridized carbons (Fsp3) is 0.120. The summed E-state index contributed by atoms with van der Waals surface area (Å²) in [6.45, 7) is 0. The van der Waals surface area contributed by atoms with E-state index in [1.807, 2.05) is 0 Å². The second kappa shape index (κ2) is 12.9. The lowest BCUT2D eigenvalue weighted by molar-refractivity contribution is 0.791. The minimum atomic E-state index is 0.404. The second-order valence-electron chi connectivity index (χ2n) is 14.4. The molecule has 250 valence electrons. The first-order chi connectivity index (χ1) is 25.8. The molecular weight excluding hydrogens is 629 g/mol. The molecule has 7 aromatic rings. The smallest absolute Gasteiger partial charge is 0.0537 e. The molecule has 3 aliphatic carbocycles. The number of hydrogen-bond acceptors (Lipinski definition) is 1. The first-order valence-corrected chi connectivity index (χ1v) is 18.7. The highest BCUT2D eigenvalue weighted by molar-refractivity contribution is 5.91. The van der Waals surface area contributed by atoms with E-state index in [2.05, 4.69) is 185 Å². The Labute approximate surface area is 306 Å². The van der Waals surface area contributed by atoms with Crippen molar-refractivity contribution >= 4 is 44.8 Å². The average Bonchev–Trinajstić information content (AvgIpc) is 3.56. The number of nitrogens with zero attached hydrogens (tertiary/aromatic N) is 2. The highest BCUT2D eigenvalue weighted by Gasteiger charge is 2.21. The van der Waals surface area contributed by atoms with Crippen LogP contribution in [0.3, 0.4) is 0 Å². The summed E-state index contributed by atoms with van der Waals surface area (Å²) in [5, 5.41) is 3.89. The van der Waals surface area contributed by atoms with E-state index in [9.17, 15) is 0 Å². The van der Waals surface area contributed by atoms with Gasteiger partial charge in [-0.15, -0.1) is 0 Å². The quantitative estimate of drug-likeness (QED) is 0.171. The Bertz CT molecular complexity index is 2570. The summed E-state index contributed by atoms with van der Waals surface area (Å²) in [5.74, 6) is 0.404. The monoisotopic (exact) mass is 668 g/mol. The Morgan fingerprint density at radius 3 is 2.04 bits per heavy atom. The molecule has 0 bridgehead atoms. The van der Waals surface area contributed by atoms with E-state index in [1.54, 1.807) is 0 Å². The maximum absolute atomic E-state index is 2.43. The van der Waals surface area contributed by atoms with Crippen molar-refractivity contribution in [1.82, 2.24) is 4.57 Å². The van der Waals surface area contributed by atoms with Crippen LogP contribution in [0.15, 0.2) is 181 Å². The molecule has 1 aromatic heterocycles. The summed E-state index contributed by atoms with van der Waals surface area (Å²) < 4.78 is 2.43. The molecule has 0 amide bonds. The van der Waals surface area contributed by atoms with Crippen molar-refractivity contribution in [2.24, 2.45) is 0 Å². The van der Waals surface area contributed by atoms with Crippen molar-refractivity contribution in [3.05, 3.63) is 198 Å². The van der Waals surface area contributed by atoms with Gasteiger partial charge in [-0.2, -0.15) is 0 Å². The number of hydrogen-bond donors (Lipinski definition) is 0. The van der Waals surface area contributed by atoms with Crippen LogP contribution in [0.5, 0.6) is 0 Å². The predicted molar refractivity (Wildman–Crippen MR) is 220 cm³/mol. The van der Waals surface area contributed by atoms with Crippen LogP contribution < -0.4 is 4.90 Å². The van der Waals surface area contributed by atoms with Gasteiger partial charge in [-0.3, -0.25) is 0 Å². The largest absolute Gasteiger partial charge is 0.311 e. The molecule has 10 rings (SSSR count). The molecule has 0 saturated heterocycles. The molecule has 2 heteroatoms. The zero-order chi connectivity index (χ0) is 34.4. The molecule has 1 atom stereocenters. The summed E-state index contributed by atoms with van der Waals surface area (Å²) in [5.41, 5.74) is 15.5. The highest BCUT2D eigenvalue weighted by Crippen LogP contribution is 2.41. The van der Waals surface area contributed by atoms with Gasteiger partial charge in [0.25, 0.3) is 0 Å². The predicted octanol–water partition coefficient (Wildman–Crippen LogP) is 13.6. The van der Waals surface area contributed by atoms with Gasteiger partial charge in [0, 0.05) is 39.7 Å². The number of aryl methyl sites for hydroxylation is 1. The van der Waals surface area contributed by atoms with E-state index in [1.165, 1.54) is 72.9 Å². The molecule has 0 saturated carbocycles. The average molecular weight is 669 g/mol. The van der Waals surface area contributed by atoms with Crippen molar-refractivity contribution in [1.29, 1.82) is 0 Å². The van der Waals surface area contributed by atoms with E-state index in [4.69, 9.17) is 0 Å².